The Morgan fingerprint density at radius 1 is 0.267 bits per heavy atom. The summed E-state index contributed by atoms with van der Waals surface area (Å²) in [6.45, 7) is 6.66. The van der Waals surface area contributed by atoms with Gasteiger partial charge in [-0.2, -0.15) is 0 Å². The minimum atomic E-state index is -0.779. The highest BCUT2D eigenvalue weighted by molar-refractivity contribution is 5.71. The lowest BCUT2D eigenvalue weighted by molar-refractivity contribution is -0.167. The van der Waals surface area contributed by atoms with Gasteiger partial charge in [0.05, 0.1) is 0 Å². The molecule has 6 heteroatoms. The Labute approximate surface area is 467 Å². The average molecular weight is 1050 g/mol. The van der Waals surface area contributed by atoms with Crippen LogP contribution in [0.4, 0.5) is 0 Å². The molecule has 0 aromatic heterocycles. The third kappa shape index (κ3) is 62.1. The summed E-state index contributed by atoms with van der Waals surface area (Å²) in [5, 5.41) is 0. The minimum Gasteiger partial charge on any atom is -0.462 e. The molecule has 0 fully saturated rings. The van der Waals surface area contributed by atoms with Crippen LogP contribution in [0.2, 0.25) is 0 Å². The summed E-state index contributed by atoms with van der Waals surface area (Å²) >= 11 is 0. The first-order valence-corrected chi connectivity index (χ1v) is 33.1. The normalized spacial score (nSPS) is 12.3. The molecule has 1 unspecified atom stereocenters. The summed E-state index contributed by atoms with van der Waals surface area (Å²) in [5.41, 5.74) is 0. The van der Waals surface area contributed by atoms with Crippen LogP contribution in [0.3, 0.4) is 0 Å². The average Bonchev–Trinajstić information content (AvgIpc) is 3.41. The Kier molecular flexibility index (Phi) is 61.7. The highest BCUT2D eigenvalue weighted by atomic mass is 16.6. The zero-order chi connectivity index (χ0) is 54.3. The van der Waals surface area contributed by atoms with Crippen LogP contribution in [0.1, 0.15) is 355 Å². The molecule has 0 aliphatic carbocycles. The Bertz CT molecular complexity index is 1300. The predicted molar refractivity (Wildman–Crippen MR) is 325 cm³/mol. The first-order valence-electron chi connectivity index (χ1n) is 33.1. The smallest absolute Gasteiger partial charge is 0.306 e. The van der Waals surface area contributed by atoms with E-state index >= 15 is 0 Å². The van der Waals surface area contributed by atoms with Gasteiger partial charge in [0, 0.05) is 19.3 Å². The van der Waals surface area contributed by atoms with Crippen molar-refractivity contribution in [1.29, 1.82) is 0 Å². The molecule has 0 aromatic rings. The quantitative estimate of drug-likeness (QED) is 0.0261. The van der Waals surface area contributed by atoms with E-state index in [0.717, 1.165) is 70.6 Å². The van der Waals surface area contributed by atoms with Gasteiger partial charge in [0.15, 0.2) is 6.10 Å². The lowest BCUT2D eigenvalue weighted by atomic mass is 10.0. The molecule has 0 bridgehead atoms. The number of ether oxygens (including phenoxy) is 3. The van der Waals surface area contributed by atoms with Crippen molar-refractivity contribution >= 4 is 17.9 Å². The molecule has 1 atom stereocenters. The van der Waals surface area contributed by atoms with Crippen LogP contribution in [0.25, 0.3) is 0 Å². The van der Waals surface area contributed by atoms with Crippen molar-refractivity contribution in [2.45, 2.75) is 361 Å². The molecule has 0 aliphatic heterocycles. The maximum atomic E-state index is 12.9. The molecule has 6 nitrogen and oxygen atoms in total. The van der Waals surface area contributed by atoms with Gasteiger partial charge in [-0.05, 0) is 103 Å². The van der Waals surface area contributed by atoms with Gasteiger partial charge in [-0.15, -0.1) is 0 Å². The molecule has 75 heavy (non-hydrogen) atoms. The molecule has 0 N–H and O–H groups in total. The summed E-state index contributed by atoms with van der Waals surface area (Å²) in [5.74, 6) is -0.866. The minimum absolute atomic E-state index is 0.0750. The summed E-state index contributed by atoms with van der Waals surface area (Å²) in [7, 11) is 0. The maximum Gasteiger partial charge on any atom is 0.306 e. The van der Waals surface area contributed by atoms with Crippen molar-refractivity contribution < 1.29 is 28.6 Å². The van der Waals surface area contributed by atoms with Gasteiger partial charge in [0.2, 0.25) is 0 Å². The van der Waals surface area contributed by atoms with Gasteiger partial charge in [-0.25, -0.2) is 0 Å². The molecule has 0 rings (SSSR count). The van der Waals surface area contributed by atoms with Crippen molar-refractivity contribution in [3.63, 3.8) is 0 Å². The van der Waals surface area contributed by atoms with E-state index in [9.17, 15) is 14.4 Å². The highest BCUT2D eigenvalue weighted by Crippen LogP contribution is 2.17. The van der Waals surface area contributed by atoms with Crippen LogP contribution in [-0.2, 0) is 28.6 Å². The van der Waals surface area contributed by atoms with Crippen molar-refractivity contribution in [2.75, 3.05) is 13.2 Å². The molecule has 0 heterocycles. The predicted octanol–water partition coefficient (Wildman–Crippen LogP) is 22.6. The summed E-state index contributed by atoms with van der Waals surface area (Å²) in [4.78, 5) is 38.4. The Morgan fingerprint density at radius 2 is 0.480 bits per heavy atom. The molecule has 0 aliphatic rings. The van der Waals surface area contributed by atoms with Crippen LogP contribution in [0.15, 0.2) is 48.6 Å². The zero-order valence-corrected chi connectivity index (χ0v) is 50.3. The van der Waals surface area contributed by atoms with Crippen molar-refractivity contribution in [3.8, 4) is 0 Å². The second kappa shape index (κ2) is 63.9. The monoisotopic (exact) mass is 1050 g/mol. The fraction of sp³-hybridized carbons (Fsp3) is 0.841. The SMILES string of the molecule is CCCCCCC/C=C\C/C=C\CCCCCCCCCCCCCC(=O)OCC(COC(=O)CCCCCCC/C=C\CCCCCCCC)OC(=O)CCCCCCCCCCC/C=C\CCCCCCCC. The largest absolute Gasteiger partial charge is 0.462 e. The van der Waals surface area contributed by atoms with E-state index in [-0.39, 0.29) is 31.1 Å². The number of rotatable bonds is 61. The van der Waals surface area contributed by atoms with Gasteiger partial charge in [-0.1, -0.05) is 281 Å². The van der Waals surface area contributed by atoms with E-state index in [1.807, 2.05) is 0 Å². The highest BCUT2D eigenvalue weighted by Gasteiger charge is 2.19. The van der Waals surface area contributed by atoms with Crippen molar-refractivity contribution in [1.82, 2.24) is 0 Å². The molecular weight excluding hydrogens is 925 g/mol. The van der Waals surface area contributed by atoms with E-state index in [1.54, 1.807) is 0 Å². The third-order valence-corrected chi connectivity index (χ3v) is 14.8. The van der Waals surface area contributed by atoms with E-state index in [1.165, 1.54) is 244 Å². The number of carbonyl (C=O) groups excluding carboxylic acids is 3. The van der Waals surface area contributed by atoms with E-state index in [0.29, 0.717) is 19.3 Å². The Morgan fingerprint density at radius 3 is 0.747 bits per heavy atom. The van der Waals surface area contributed by atoms with Crippen LogP contribution in [0.5, 0.6) is 0 Å². The first-order chi connectivity index (χ1) is 37.0. The second-order valence-electron chi connectivity index (χ2n) is 22.4. The summed E-state index contributed by atoms with van der Waals surface area (Å²) in [6, 6.07) is 0. The van der Waals surface area contributed by atoms with Gasteiger partial charge in [-0.3, -0.25) is 14.4 Å². The second-order valence-corrected chi connectivity index (χ2v) is 22.4. The summed E-state index contributed by atoms with van der Waals surface area (Å²) in [6.07, 6.45) is 79.7. The molecule has 0 spiro atoms. The maximum absolute atomic E-state index is 12.9. The molecule has 0 aromatic carbocycles. The van der Waals surface area contributed by atoms with E-state index in [4.69, 9.17) is 14.2 Å². The van der Waals surface area contributed by atoms with Gasteiger partial charge in [0.25, 0.3) is 0 Å². The van der Waals surface area contributed by atoms with E-state index < -0.39 is 6.10 Å². The molecule has 0 saturated heterocycles. The van der Waals surface area contributed by atoms with Gasteiger partial charge < -0.3 is 14.2 Å². The summed E-state index contributed by atoms with van der Waals surface area (Å²) < 4.78 is 17.0. The number of esters is 3. The zero-order valence-electron chi connectivity index (χ0n) is 50.3. The number of carbonyl (C=O) groups is 3. The molecule has 438 valence electrons. The topological polar surface area (TPSA) is 78.9 Å². The molecule has 0 radical (unpaired) electrons. The van der Waals surface area contributed by atoms with Crippen LogP contribution >= 0.6 is 0 Å². The Hall–Kier alpha value is -2.63. The Balaban J connectivity index is 4.32. The number of hydrogen-bond donors (Lipinski definition) is 0. The molecule has 0 saturated carbocycles. The van der Waals surface area contributed by atoms with Crippen molar-refractivity contribution in [3.05, 3.63) is 48.6 Å². The lowest BCUT2D eigenvalue weighted by Gasteiger charge is -2.18. The van der Waals surface area contributed by atoms with Crippen LogP contribution < -0.4 is 0 Å². The number of allylic oxidation sites excluding steroid dienone is 8. The first kappa shape index (κ1) is 72.4. The fourth-order valence-corrected chi connectivity index (χ4v) is 9.76. The molecule has 0 amide bonds. The molecular formula is C69H126O6. The van der Waals surface area contributed by atoms with Crippen molar-refractivity contribution in [2.24, 2.45) is 0 Å². The standard InChI is InChI=1S/C69H126O6/c1-4-7-10-13-16-19-22-25-28-30-32-33-34-35-37-38-41-44-47-50-53-56-59-62-68(71)74-65-66(64-73-67(70)61-58-55-52-49-46-43-40-27-24-21-18-15-12-9-6-3)75-69(72)63-60-57-54-51-48-45-42-39-36-31-29-26-23-20-17-14-11-8-5-2/h22,25-27,29-30,32,40,66H,4-21,23-24,28,31,33-39,41-65H2,1-3H3/b25-22-,29-26-,32-30-,40-27-. The van der Waals surface area contributed by atoms with E-state index in [2.05, 4.69) is 69.4 Å². The number of unbranched alkanes of at least 4 members (excludes halogenated alkanes) is 42. The van der Waals surface area contributed by atoms with Gasteiger partial charge >= 0.3 is 17.9 Å². The van der Waals surface area contributed by atoms with Crippen LogP contribution in [-0.4, -0.2) is 37.2 Å². The lowest BCUT2D eigenvalue weighted by Crippen LogP contribution is -2.30. The third-order valence-electron chi connectivity index (χ3n) is 14.8. The van der Waals surface area contributed by atoms with Crippen LogP contribution in [0, 0.1) is 0 Å². The number of hydrogen-bond acceptors (Lipinski definition) is 6. The van der Waals surface area contributed by atoms with Gasteiger partial charge in [0.1, 0.15) is 13.2 Å². The fourth-order valence-electron chi connectivity index (χ4n) is 9.76.